The molecule has 3 nitrogen and oxygen atoms in total. The van der Waals surface area contributed by atoms with Gasteiger partial charge in [-0.05, 0) is 25.0 Å². The van der Waals surface area contributed by atoms with Gasteiger partial charge in [0.1, 0.15) is 5.75 Å². The molecule has 1 N–H and O–H groups in total. The molecule has 0 fully saturated rings. The lowest BCUT2D eigenvalue weighted by atomic mass is 10.2. The molecule has 0 saturated heterocycles. The summed E-state index contributed by atoms with van der Waals surface area (Å²) < 4.78 is 28.6. The SMILES string of the molecule is O=C(NCCCCBr)c1ccccc1OC(F)F. The van der Waals surface area contributed by atoms with E-state index in [-0.39, 0.29) is 11.3 Å². The first-order valence-electron chi connectivity index (χ1n) is 5.53. The lowest BCUT2D eigenvalue weighted by Crippen LogP contribution is -2.25. The third-order valence-corrected chi connectivity index (χ3v) is 2.75. The zero-order valence-corrected chi connectivity index (χ0v) is 11.3. The van der Waals surface area contributed by atoms with Gasteiger partial charge in [0.15, 0.2) is 0 Å². The number of hydrogen-bond donors (Lipinski definition) is 1. The molecule has 100 valence electrons. The van der Waals surface area contributed by atoms with Crippen LogP contribution in [0.1, 0.15) is 23.2 Å². The Bertz CT molecular complexity index is 388. The summed E-state index contributed by atoms with van der Waals surface area (Å²) >= 11 is 3.28. The molecule has 0 saturated carbocycles. The number of benzene rings is 1. The lowest BCUT2D eigenvalue weighted by Gasteiger charge is -2.10. The minimum Gasteiger partial charge on any atom is -0.434 e. The van der Waals surface area contributed by atoms with Crippen molar-refractivity contribution in [2.45, 2.75) is 19.5 Å². The van der Waals surface area contributed by atoms with E-state index >= 15 is 0 Å². The van der Waals surface area contributed by atoms with Crippen molar-refractivity contribution in [3.05, 3.63) is 29.8 Å². The van der Waals surface area contributed by atoms with Gasteiger partial charge in [-0.25, -0.2) is 0 Å². The summed E-state index contributed by atoms with van der Waals surface area (Å²) in [5.41, 5.74) is 0.122. The molecule has 0 atom stereocenters. The number of nitrogens with one attached hydrogen (secondary N) is 1. The van der Waals surface area contributed by atoms with E-state index in [0.29, 0.717) is 6.54 Å². The van der Waals surface area contributed by atoms with Gasteiger partial charge in [0.2, 0.25) is 0 Å². The van der Waals surface area contributed by atoms with Crippen molar-refractivity contribution in [2.24, 2.45) is 0 Å². The van der Waals surface area contributed by atoms with Gasteiger partial charge in [-0.15, -0.1) is 0 Å². The van der Waals surface area contributed by atoms with Gasteiger partial charge >= 0.3 is 6.61 Å². The molecule has 0 aliphatic rings. The number of para-hydroxylation sites is 1. The van der Waals surface area contributed by atoms with E-state index in [1.165, 1.54) is 12.1 Å². The van der Waals surface area contributed by atoms with Gasteiger partial charge in [0.05, 0.1) is 5.56 Å². The van der Waals surface area contributed by atoms with Gasteiger partial charge in [-0.3, -0.25) is 4.79 Å². The number of amides is 1. The molecule has 0 aromatic heterocycles. The topological polar surface area (TPSA) is 38.3 Å². The number of alkyl halides is 3. The smallest absolute Gasteiger partial charge is 0.387 e. The number of carbonyl (C=O) groups excluding carboxylic acids is 1. The van der Waals surface area contributed by atoms with Crippen LogP contribution in [0, 0.1) is 0 Å². The fourth-order valence-corrected chi connectivity index (χ4v) is 1.77. The number of halogens is 3. The van der Waals surface area contributed by atoms with Gasteiger partial charge in [-0.2, -0.15) is 8.78 Å². The van der Waals surface area contributed by atoms with Crippen molar-refractivity contribution >= 4 is 21.8 Å². The highest BCUT2D eigenvalue weighted by atomic mass is 79.9. The molecule has 1 amide bonds. The molecule has 1 rings (SSSR count). The van der Waals surface area contributed by atoms with Crippen LogP contribution in [0.4, 0.5) is 8.78 Å². The summed E-state index contributed by atoms with van der Waals surface area (Å²) in [5, 5.41) is 3.53. The maximum absolute atomic E-state index is 12.2. The van der Waals surface area contributed by atoms with E-state index in [1.54, 1.807) is 12.1 Å². The first-order valence-corrected chi connectivity index (χ1v) is 6.65. The van der Waals surface area contributed by atoms with Crippen LogP contribution in [0.3, 0.4) is 0 Å². The van der Waals surface area contributed by atoms with Crippen molar-refractivity contribution in [3.8, 4) is 5.75 Å². The summed E-state index contributed by atoms with van der Waals surface area (Å²) in [7, 11) is 0. The maximum atomic E-state index is 12.2. The monoisotopic (exact) mass is 321 g/mol. The predicted octanol–water partition coefficient (Wildman–Crippen LogP) is 3.19. The zero-order valence-electron chi connectivity index (χ0n) is 9.67. The quantitative estimate of drug-likeness (QED) is 0.618. The number of hydrogen-bond acceptors (Lipinski definition) is 2. The normalized spacial score (nSPS) is 10.4. The predicted molar refractivity (Wildman–Crippen MR) is 68.4 cm³/mol. The number of rotatable bonds is 7. The van der Waals surface area contributed by atoms with E-state index in [1.807, 2.05) is 0 Å². The van der Waals surface area contributed by atoms with Crippen LogP contribution < -0.4 is 10.1 Å². The first kappa shape index (κ1) is 14.9. The van der Waals surface area contributed by atoms with E-state index in [9.17, 15) is 13.6 Å². The minimum atomic E-state index is -2.94. The lowest BCUT2D eigenvalue weighted by molar-refractivity contribution is -0.0501. The maximum Gasteiger partial charge on any atom is 0.387 e. The molecule has 0 bridgehead atoms. The van der Waals surface area contributed by atoms with Gasteiger partial charge in [-0.1, -0.05) is 28.1 Å². The second-order valence-electron chi connectivity index (χ2n) is 3.53. The van der Waals surface area contributed by atoms with E-state index in [2.05, 4.69) is 26.0 Å². The molecule has 1 aromatic rings. The van der Waals surface area contributed by atoms with Crippen molar-refractivity contribution in [2.75, 3.05) is 11.9 Å². The Morgan fingerprint density at radius 3 is 2.72 bits per heavy atom. The van der Waals surface area contributed by atoms with E-state index in [4.69, 9.17) is 0 Å². The Hall–Kier alpha value is -1.17. The Morgan fingerprint density at radius 2 is 2.06 bits per heavy atom. The van der Waals surface area contributed by atoms with Crippen LogP contribution >= 0.6 is 15.9 Å². The van der Waals surface area contributed by atoms with Crippen LogP contribution in [-0.2, 0) is 0 Å². The average Bonchev–Trinajstić information content (AvgIpc) is 2.34. The second-order valence-corrected chi connectivity index (χ2v) is 4.32. The Balaban J connectivity index is 2.61. The first-order chi connectivity index (χ1) is 8.65. The summed E-state index contributed by atoms with van der Waals surface area (Å²) in [5.74, 6) is -0.508. The summed E-state index contributed by atoms with van der Waals surface area (Å²) in [6.45, 7) is -2.43. The van der Waals surface area contributed by atoms with Gasteiger partial charge < -0.3 is 10.1 Å². The molecular weight excluding hydrogens is 308 g/mol. The molecule has 1 aromatic carbocycles. The summed E-state index contributed by atoms with van der Waals surface area (Å²) in [6.07, 6.45) is 1.77. The highest BCUT2D eigenvalue weighted by Gasteiger charge is 2.14. The van der Waals surface area contributed by atoms with Crippen molar-refractivity contribution in [3.63, 3.8) is 0 Å². The molecule has 6 heteroatoms. The highest BCUT2D eigenvalue weighted by molar-refractivity contribution is 9.09. The molecule has 18 heavy (non-hydrogen) atoms. The molecule has 0 radical (unpaired) electrons. The van der Waals surface area contributed by atoms with Crippen LogP contribution in [0.15, 0.2) is 24.3 Å². The minimum absolute atomic E-state index is 0.106. The molecule has 0 aliphatic carbocycles. The van der Waals surface area contributed by atoms with Gasteiger partial charge in [0, 0.05) is 11.9 Å². The molecule has 0 unspecified atom stereocenters. The second kappa shape index (κ2) is 8.02. The molecule has 0 heterocycles. The van der Waals surface area contributed by atoms with E-state index in [0.717, 1.165) is 18.2 Å². The summed E-state index contributed by atoms with van der Waals surface area (Å²) in [4.78, 5) is 11.8. The summed E-state index contributed by atoms with van der Waals surface area (Å²) in [6, 6.07) is 5.95. The Morgan fingerprint density at radius 1 is 1.33 bits per heavy atom. The number of carbonyl (C=O) groups is 1. The van der Waals surface area contributed by atoms with Crippen LogP contribution in [0.5, 0.6) is 5.75 Å². The third kappa shape index (κ3) is 5.00. The van der Waals surface area contributed by atoms with Gasteiger partial charge in [0.25, 0.3) is 5.91 Å². The van der Waals surface area contributed by atoms with Crippen LogP contribution in [-0.4, -0.2) is 24.4 Å². The third-order valence-electron chi connectivity index (χ3n) is 2.19. The molecule has 0 aliphatic heterocycles. The largest absolute Gasteiger partial charge is 0.434 e. The fraction of sp³-hybridized carbons (Fsp3) is 0.417. The fourth-order valence-electron chi connectivity index (χ4n) is 1.37. The Labute approximate surface area is 113 Å². The number of ether oxygens (including phenoxy) is 1. The van der Waals surface area contributed by atoms with Crippen molar-refractivity contribution in [1.82, 2.24) is 5.32 Å². The molecular formula is C12H14BrF2NO2. The zero-order chi connectivity index (χ0) is 13.4. The number of unbranched alkanes of at least 4 members (excludes halogenated alkanes) is 1. The average molecular weight is 322 g/mol. The van der Waals surface area contributed by atoms with Crippen LogP contribution in [0.2, 0.25) is 0 Å². The highest BCUT2D eigenvalue weighted by Crippen LogP contribution is 2.19. The van der Waals surface area contributed by atoms with Crippen molar-refractivity contribution in [1.29, 1.82) is 0 Å². The Kier molecular flexibility index (Phi) is 6.64. The van der Waals surface area contributed by atoms with Crippen LogP contribution in [0.25, 0.3) is 0 Å². The van der Waals surface area contributed by atoms with E-state index < -0.39 is 12.5 Å². The molecule has 0 spiro atoms. The van der Waals surface area contributed by atoms with Crippen molar-refractivity contribution < 1.29 is 18.3 Å². The standard InChI is InChI=1S/C12H14BrF2NO2/c13-7-3-4-8-16-11(17)9-5-1-2-6-10(9)18-12(14)15/h1-2,5-6,12H,3-4,7-8H2,(H,16,17).